The van der Waals surface area contributed by atoms with Crippen LogP contribution in [0.4, 0.5) is 11.4 Å². The molecule has 0 spiro atoms. The molecule has 0 atom stereocenters. The van der Waals surface area contributed by atoms with E-state index in [1.165, 1.54) is 16.4 Å². The zero-order chi connectivity index (χ0) is 19.4. The summed E-state index contributed by atoms with van der Waals surface area (Å²) >= 11 is 0. The minimum absolute atomic E-state index is 0.0518. The Morgan fingerprint density at radius 3 is 2.37 bits per heavy atom. The van der Waals surface area contributed by atoms with Crippen LogP contribution in [0.5, 0.6) is 0 Å². The summed E-state index contributed by atoms with van der Waals surface area (Å²) in [6.07, 6.45) is 0. The number of nitrogens with zero attached hydrogens (tertiary/aromatic N) is 3. The molecule has 0 aromatic heterocycles. The van der Waals surface area contributed by atoms with Gasteiger partial charge in [-0.15, -0.1) is 0 Å². The van der Waals surface area contributed by atoms with E-state index in [4.69, 9.17) is 0 Å². The minimum atomic E-state index is -3.75. The SMILES string of the molecule is CN1CCN(S(=O)(=O)c2ccc(NCc3ccccc3)c([N+](=O)[O-])c2)CC1. The first-order valence-electron chi connectivity index (χ1n) is 8.63. The number of anilines is 1. The van der Waals surface area contributed by atoms with Crippen LogP contribution in [0.2, 0.25) is 0 Å². The molecule has 2 aromatic rings. The lowest BCUT2D eigenvalue weighted by atomic mass is 10.2. The monoisotopic (exact) mass is 390 g/mol. The number of hydrogen-bond acceptors (Lipinski definition) is 6. The van der Waals surface area contributed by atoms with E-state index in [2.05, 4.69) is 5.32 Å². The van der Waals surface area contributed by atoms with Crippen LogP contribution in [0.3, 0.4) is 0 Å². The molecule has 1 N–H and O–H groups in total. The van der Waals surface area contributed by atoms with Crippen molar-refractivity contribution in [2.75, 3.05) is 38.5 Å². The normalized spacial score (nSPS) is 16.2. The molecule has 3 rings (SSSR count). The highest BCUT2D eigenvalue weighted by atomic mass is 32.2. The van der Waals surface area contributed by atoms with E-state index in [0.717, 1.165) is 11.6 Å². The number of nitro groups is 1. The highest BCUT2D eigenvalue weighted by Gasteiger charge is 2.29. The molecule has 8 nitrogen and oxygen atoms in total. The molecule has 9 heteroatoms. The van der Waals surface area contributed by atoms with E-state index < -0.39 is 14.9 Å². The van der Waals surface area contributed by atoms with Crippen molar-refractivity contribution in [2.45, 2.75) is 11.4 Å². The molecular weight excluding hydrogens is 368 g/mol. The van der Waals surface area contributed by atoms with Gasteiger partial charge in [-0.1, -0.05) is 30.3 Å². The molecule has 1 aliphatic rings. The van der Waals surface area contributed by atoms with E-state index >= 15 is 0 Å². The second kappa shape index (κ2) is 8.03. The lowest BCUT2D eigenvalue weighted by Crippen LogP contribution is -2.47. The molecule has 0 aliphatic carbocycles. The number of sulfonamides is 1. The van der Waals surface area contributed by atoms with Crippen molar-refractivity contribution in [3.05, 3.63) is 64.2 Å². The summed E-state index contributed by atoms with van der Waals surface area (Å²) in [6, 6.07) is 13.5. The Morgan fingerprint density at radius 2 is 1.74 bits per heavy atom. The Bertz CT molecular complexity index is 910. The maximum atomic E-state index is 12.8. The van der Waals surface area contributed by atoms with Crippen LogP contribution < -0.4 is 5.32 Å². The van der Waals surface area contributed by atoms with Gasteiger partial charge in [0.05, 0.1) is 9.82 Å². The van der Waals surface area contributed by atoms with Crippen LogP contribution >= 0.6 is 0 Å². The molecule has 0 amide bonds. The molecule has 0 bridgehead atoms. The van der Waals surface area contributed by atoms with Crippen LogP contribution in [-0.2, 0) is 16.6 Å². The van der Waals surface area contributed by atoms with E-state index in [9.17, 15) is 18.5 Å². The van der Waals surface area contributed by atoms with Gasteiger partial charge in [0, 0.05) is 38.8 Å². The number of hydrogen-bond donors (Lipinski definition) is 1. The van der Waals surface area contributed by atoms with Gasteiger partial charge in [0.15, 0.2) is 0 Å². The highest BCUT2D eigenvalue weighted by Crippen LogP contribution is 2.29. The molecule has 1 saturated heterocycles. The van der Waals surface area contributed by atoms with Crippen LogP contribution in [0.1, 0.15) is 5.56 Å². The Labute approximate surface area is 158 Å². The van der Waals surface area contributed by atoms with Crippen molar-refractivity contribution in [3.63, 3.8) is 0 Å². The topological polar surface area (TPSA) is 95.8 Å². The van der Waals surface area contributed by atoms with Gasteiger partial charge in [0.25, 0.3) is 5.69 Å². The van der Waals surface area contributed by atoms with Crippen molar-refractivity contribution < 1.29 is 13.3 Å². The van der Waals surface area contributed by atoms with Gasteiger partial charge < -0.3 is 10.2 Å². The van der Waals surface area contributed by atoms with Crippen molar-refractivity contribution in [2.24, 2.45) is 0 Å². The number of nitro benzene ring substituents is 1. The fraction of sp³-hybridized carbons (Fsp3) is 0.333. The Kier molecular flexibility index (Phi) is 5.73. The highest BCUT2D eigenvalue weighted by molar-refractivity contribution is 7.89. The smallest absolute Gasteiger partial charge is 0.293 e. The first-order valence-corrected chi connectivity index (χ1v) is 10.1. The van der Waals surface area contributed by atoms with Crippen molar-refractivity contribution in [3.8, 4) is 0 Å². The third kappa shape index (κ3) is 4.44. The second-order valence-electron chi connectivity index (χ2n) is 6.48. The predicted molar refractivity (Wildman–Crippen MR) is 103 cm³/mol. The van der Waals surface area contributed by atoms with Gasteiger partial charge in [0.1, 0.15) is 5.69 Å². The molecule has 1 aliphatic heterocycles. The average molecular weight is 390 g/mol. The van der Waals surface area contributed by atoms with E-state index in [1.54, 1.807) is 0 Å². The number of nitrogens with one attached hydrogen (secondary N) is 1. The molecular formula is C18H22N4O4S. The van der Waals surface area contributed by atoms with Gasteiger partial charge in [-0.2, -0.15) is 4.31 Å². The van der Waals surface area contributed by atoms with Crippen LogP contribution in [0.15, 0.2) is 53.4 Å². The van der Waals surface area contributed by atoms with E-state index in [1.807, 2.05) is 42.3 Å². The fourth-order valence-electron chi connectivity index (χ4n) is 2.94. The summed E-state index contributed by atoms with van der Waals surface area (Å²) in [4.78, 5) is 12.9. The number of likely N-dealkylation sites (N-methyl/N-ethyl adjacent to an activating group) is 1. The third-order valence-corrected chi connectivity index (χ3v) is 6.49. The Morgan fingerprint density at radius 1 is 1.07 bits per heavy atom. The molecule has 27 heavy (non-hydrogen) atoms. The van der Waals surface area contributed by atoms with Crippen molar-refractivity contribution in [1.29, 1.82) is 0 Å². The second-order valence-corrected chi connectivity index (χ2v) is 8.42. The zero-order valence-corrected chi connectivity index (χ0v) is 15.9. The lowest BCUT2D eigenvalue weighted by molar-refractivity contribution is -0.384. The van der Waals surface area contributed by atoms with Gasteiger partial charge in [-0.05, 0) is 24.7 Å². The summed E-state index contributed by atoms with van der Waals surface area (Å²) in [5.41, 5.74) is 1.02. The quantitative estimate of drug-likeness (QED) is 0.600. The van der Waals surface area contributed by atoms with Crippen LogP contribution in [0.25, 0.3) is 0 Å². The maximum Gasteiger partial charge on any atom is 0.293 e. The number of rotatable bonds is 6. The summed E-state index contributed by atoms with van der Waals surface area (Å²) in [7, 11) is -1.82. The summed E-state index contributed by atoms with van der Waals surface area (Å²) in [5, 5.41) is 14.5. The molecule has 0 unspecified atom stereocenters. The van der Waals surface area contributed by atoms with E-state index in [0.29, 0.717) is 38.4 Å². The maximum absolute atomic E-state index is 12.8. The van der Waals surface area contributed by atoms with Crippen LogP contribution in [-0.4, -0.2) is 55.8 Å². The first kappa shape index (κ1) is 19.3. The number of benzene rings is 2. The summed E-state index contributed by atoms with van der Waals surface area (Å²) in [5.74, 6) is 0. The van der Waals surface area contributed by atoms with Gasteiger partial charge in [0.2, 0.25) is 10.0 Å². The predicted octanol–water partition coefficient (Wildman–Crippen LogP) is 2.14. The van der Waals surface area contributed by atoms with E-state index in [-0.39, 0.29) is 10.6 Å². The van der Waals surface area contributed by atoms with Gasteiger partial charge >= 0.3 is 0 Å². The molecule has 1 heterocycles. The molecule has 1 fully saturated rings. The largest absolute Gasteiger partial charge is 0.375 e. The molecule has 0 radical (unpaired) electrons. The average Bonchev–Trinajstić information content (AvgIpc) is 2.67. The van der Waals surface area contributed by atoms with Crippen molar-refractivity contribution in [1.82, 2.24) is 9.21 Å². The minimum Gasteiger partial charge on any atom is -0.375 e. The zero-order valence-electron chi connectivity index (χ0n) is 15.0. The Hall–Kier alpha value is -2.49. The lowest BCUT2D eigenvalue weighted by Gasteiger charge is -2.31. The molecule has 2 aromatic carbocycles. The standard InChI is InChI=1S/C18H22N4O4S/c1-20-9-11-21(12-10-20)27(25,26)16-7-8-17(18(13-16)22(23)24)19-14-15-5-3-2-4-6-15/h2-8,13,19H,9-12,14H2,1H3. The Balaban J connectivity index is 1.83. The number of piperazine rings is 1. The summed E-state index contributed by atoms with van der Waals surface area (Å²) in [6.45, 7) is 2.43. The van der Waals surface area contributed by atoms with Crippen molar-refractivity contribution >= 4 is 21.4 Å². The van der Waals surface area contributed by atoms with Gasteiger partial charge in [-0.3, -0.25) is 10.1 Å². The fourth-order valence-corrected chi connectivity index (χ4v) is 4.39. The van der Waals surface area contributed by atoms with Gasteiger partial charge in [-0.25, -0.2) is 8.42 Å². The molecule has 144 valence electrons. The van der Waals surface area contributed by atoms with Crippen LogP contribution in [0, 0.1) is 10.1 Å². The summed E-state index contributed by atoms with van der Waals surface area (Å²) < 4.78 is 27.0. The first-order chi connectivity index (χ1) is 12.9. The molecule has 0 saturated carbocycles. The third-order valence-electron chi connectivity index (χ3n) is 4.59.